The van der Waals surface area contributed by atoms with E-state index < -0.39 is 0 Å². The minimum Gasteiger partial charge on any atom is -0.310 e. The summed E-state index contributed by atoms with van der Waals surface area (Å²) in [6, 6.07) is 77.6. The van der Waals surface area contributed by atoms with Crippen molar-refractivity contribution >= 4 is 27.8 Å². The Morgan fingerprint density at radius 3 is 1.59 bits per heavy atom. The summed E-state index contributed by atoms with van der Waals surface area (Å²) in [5.74, 6) is 0. The van der Waals surface area contributed by atoms with E-state index in [-0.39, 0.29) is 5.41 Å². The number of anilines is 3. The normalized spacial score (nSPS) is 12.6. The van der Waals surface area contributed by atoms with E-state index in [0.29, 0.717) is 0 Å². The van der Waals surface area contributed by atoms with Crippen LogP contribution in [0.4, 0.5) is 17.1 Å². The Kier molecular flexibility index (Phi) is 8.23. The highest BCUT2D eigenvalue weighted by Gasteiger charge is 2.37. The second-order valence-electron chi connectivity index (χ2n) is 15.4. The van der Waals surface area contributed by atoms with Crippen LogP contribution < -0.4 is 4.90 Å². The highest BCUT2D eigenvalue weighted by molar-refractivity contribution is 5.98. The molecule has 1 nitrogen and oxygen atoms in total. The third kappa shape index (κ3) is 5.81. The molecule has 9 aromatic carbocycles. The molecule has 9 aromatic rings. The summed E-state index contributed by atoms with van der Waals surface area (Å²) in [6.45, 7) is 4.71. The summed E-state index contributed by atoms with van der Waals surface area (Å²) in [5, 5.41) is 2.53. The molecule has 56 heavy (non-hydrogen) atoms. The van der Waals surface area contributed by atoms with Gasteiger partial charge in [0.2, 0.25) is 0 Å². The highest BCUT2D eigenvalue weighted by Crippen LogP contribution is 2.54. The molecule has 10 rings (SSSR count). The van der Waals surface area contributed by atoms with Crippen LogP contribution in [0.15, 0.2) is 212 Å². The molecule has 0 atom stereocenters. The van der Waals surface area contributed by atoms with Crippen molar-refractivity contribution in [3.8, 4) is 55.6 Å². The Bertz CT molecular complexity index is 2880. The quantitative estimate of drug-likeness (QED) is 0.159. The summed E-state index contributed by atoms with van der Waals surface area (Å²) in [5.41, 5.74) is 18.3. The van der Waals surface area contributed by atoms with Gasteiger partial charge < -0.3 is 4.90 Å². The number of fused-ring (bicyclic) bond motifs is 4. The van der Waals surface area contributed by atoms with Crippen LogP contribution in [0.3, 0.4) is 0 Å². The first-order valence-electron chi connectivity index (χ1n) is 19.5. The Hall–Kier alpha value is -6.96. The molecule has 0 radical (unpaired) electrons. The van der Waals surface area contributed by atoms with Crippen LogP contribution in [-0.4, -0.2) is 0 Å². The number of rotatable bonds is 7. The summed E-state index contributed by atoms with van der Waals surface area (Å²) >= 11 is 0. The van der Waals surface area contributed by atoms with Gasteiger partial charge in [0.25, 0.3) is 0 Å². The van der Waals surface area contributed by atoms with E-state index in [4.69, 9.17) is 0 Å². The lowest BCUT2D eigenvalue weighted by atomic mass is 9.82. The Morgan fingerprint density at radius 2 is 0.821 bits per heavy atom. The third-order valence-electron chi connectivity index (χ3n) is 11.7. The molecule has 0 aromatic heterocycles. The smallest absolute Gasteiger partial charge is 0.0543 e. The fourth-order valence-corrected chi connectivity index (χ4v) is 8.83. The number of hydrogen-bond acceptors (Lipinski definition) is 1. The van der Waals surface area contributed by atoms with Crippen LogP contribution in [0, 0.1) is 0 Å². The molecular weight excluding hydrogens is 675 g/mol. The molecule has 0 heterocycles. The molecule has 0 N–H and O–H groups in total. The Balaban J connectivity index is 1.11. The van der Waals surface area contributed by atoms with Gasteiger partial charge >= 0.3 is 0 Å². The van der Waals surface area contributed by atoms with E-state index in [1.54, 1.807) is 0 Å². The standard InChI is InChI=1S/C55H41N/c1-55(2)51-28-9-8-26-50(51)54-52(55)29-14-30-53(54)56(47-24-12-22-45(37-47)43-20-10-19-42(35-43)38-15-4-3-5-16-38)46-23-11-21-44(36-46)39-31-33-41(34-32-39)49-27-13-18-40-17-6-7-25-48(40)49/h3-37H,1-2H3. The maximum Gasteiger partial charge on any atom is 0.0543 e. The minimum absolute atomic E-state index is 0.110. The molecule has 0 aliphatic heterocycles. The van der Waals surface area contributed by atoms with Crippen LogP contribution >= 0.6 is 0 Å². The zero-order valence-corrected chi connectivity index (χ0v) is 31.7. The molecule has 1 aliphatic rings. The SMILES string of the molecule is CC1(C)c2ccccc2-c2c(N(c3cccc(-c4ccc(-c5cccc6ccccc56)cc4)c3)c3cccc(-c4cccc(-c5ccccc5)c4)c3)cccc21. The van der Waals surface area contributed by atoms with E-state index in [0.717, 1.165) is 11.4 Å². The van der Waals surface area contributed by atoms with Crippen LogP contribution in [0.5, 0.6) is 0 Å². The van der Waals surface area contributed by atoms with Gasteiger partial charge in [-0.15, -0.1) is 0 Å². The van der Waals surface area contributed by atoms with Crippen LogP contribution in [0.2, 0.25) is 0 Å². The first-order chi connectivity index (χ1) is 27.5. The molecule has 0 saturated heterocycles. The zero-order chi connectivity index (χ0) is 37.6. The highest BCUT2D eigenvalue weighted by atomic mass is 15.1. The average molecular weight is 716 g/mol. The Labute approximate surface area is 329 Å². The van der Waals surface area contributed by atoms with Crippen molar-refractivity contribution in [2.24, 2.45) is 0 Å². The van der Waals surface area contributed by atoms with Crippen molar-refractivity contribution in [3.63, 3.8) is 0 Å². The molecule has 0 amide bonds. The lowest BCUT2D eigenvalue weighted by molar-refractivity contribution is 0.660. The zero-order valence-electron chi connectivity index (χ0n) is 31.7. The van der Waals surface area contributed by atoms with Gasteiger partial charge in [0.05, 0.1) is 5.69 Å². The summed E-state index contributed by atoms with van der Waals surface area (Å²) in [4.78, 5) is 2.47. The van der Waals surface area contributed by atoms with Crippen LogP contribution in [0.1, 0.15) is 25.0 Å². The van der Waals surface area contributed by atoms with Crippen molar-refractivity contribution in [2.45, 2.75) is 19.3 Å². The molecule has 0 fully saturated rings. The van der Waals surface area contributed by atoms with Crippen LogP contribution in [0.25, 0.3) is 66.4 Å². The summed E-state index contributed by atoms with van der Waals surface area (Å²) < 4.78 is 0. The van der Waals surface area contributed by atoms with Crippen LogP contribution in [-0.2, 0) is 5.41 Å². The van der Waals surface area contributed by atoms with E-state index >= 15 is 0 Å². The van der Waals surface area contributed by atoms with Gasteiger partial charge in [0.15, 0.2) is 0 Å². The van der Waals surface area contributed by atoms with Gasteiger partial charge in [0, 0.05) is 22.4 Å². The lowest BCUT2D eigenvalue weighted by Crippen LogP contribution is -2.16. The second kappa shape index (κ2) is 13.7. The first kappa shape index (κ1) is 33.6. The van der Waals surface area contributed by atoms with Crippen molar-refractivity contribution in [3.05, 3.63) is 223 Å². The van der Waals surface area contributed by atoms with Gasteiger partial charge in [-0.25, -0.2) is 0 Å². The molecule has 1 heteroatoms. The predicted molar refractivity (Wildman–Crippen MR) is 238 cm³/mol. The van der Waals surface area contributed by atoms with Crippen molar-refractivity contribution in [1.29, 1.82) is 0 Å². The molecule has 0 spiro atoms. The van der Waals surface area contributed by atoms with Crippen molar-refractivity contribution in [1.82, 2.24) is 0 Å². The largest absolute Gasteiger partial charge is 0.310 e. The molecule has 0 unspecified atom stereocenters. The number of nitrogens with zero attached hydrogens (tertiary/aromatic N) is 1. The topological polar surface area (TPSA) is 3.24 Å². The number of hydrogen-bond donors (Lipinski definition) is 0. The van der Waals surface area contributed by atoms with Gasteiger partial charge in [-0.1, -0.05) is 190 Å². The molecule has 266 valence electrons. The molecular formula is C55H41N. The molecule has 0 bridgehead atoms. The van der Waals surface area contributed by atoms with Crippen molar-refractivity contribution < 1.29 is 0 Å². The van der Waals surface area contributed by atoms with Gasteiger partial charge in [0.1, 0.15) is 0 Å². The van der Waals surface area contributed by atoms with E-state index in [1.165, 1.54) is 83.2 Å². The van der Waals surface area contributed by atoms with Gasteiger partial charge in [-0.05, 0) is 108 Å². The maximum absolute atomic E-state index is 2.47. The molecule has 1 aliphatic carbocycles. The fourth-order valence-electron chi connectivity index (χ4n) is 8.83. The summed E-state index contributed by atoms with van der Waals surface area (Å²) in [7, 11) is 0. The first-order valence-corrected chi connectivity index (χ1v) is 19.5. The van der Waals surface area contributed by atoms with E-state index in [2.05, 4.69) is 231 Å². The summed E-state index contributed by atoms with van der Waals surface area (Å²) in [6.07, 6.45) is 0. The van der Waals surface area contributed by atoms with Gasteiger partial charge in [-0.3, -0.25) is 0 Å². The lowest BCUT2D eigenvalue weighted by Gasteiger charge is -2.29. The van der Waals surface area contributed by atoms with E-state index in [9.17, 15) is 0 Å². The average Bonchev–Trinajstić information content (AvgIpc) is 3.50. The third-order valence-corrected chi connectivity index (χ3v) is 11.7. The Morgan fingerprint density at radius 1 is 0.339 bits per heavy atom. The number of benzene rings is 9. The predicted octanol–water partition coefficient (Wildman–Crippen LogP) is 15.3. The monoisotopic (exact) mass is 715 g/mol. The van der Waals surface area contributed by atoms with Crippen molar-refractivity contribution in [2.75, 3.05) is 4.90 Å². The van der Waals surface area contributed by atoms with Gasteiger partial charge in [-0.2, -0.15) is 0 Å². The van der Waals surface area contributed by atoms with E-state index in [1.807, 2.05) is 0 Å². The fraction of sp³-hybridized carbons (Fsp3) is 0.0545. The second-order valence-corrected chi connectivity index (χ2v) is 15.4. The minimum atomic E-state index is -0.110. The maximum atomic E-state index is 2.47. The molecule has 0 saturated carbocycles.